The van der Waals surface area contributed by atoms with Crippen LogP contribution in [0.25, 0.3) is 0 Å². The average molecular weight is 138 g/mol. The predicted octanol–water partition coefficient (Wildman–Crippen LogP) is 1.72. The normalized spacial score (nSPS) is 51.8. The highest BCUT2D eigenvalue weighted by atomic mass is 16.3. The van der Waals surface area contributed by atoms with E-state index in [4.69, 9.17) is 0 Å². The number of rotatable bonds is 0. The van der Waals surface area contributed by atoms with Crippen LogP contribution in [-0.4, -0.2) is 10.7 Å². The summed E-state index contributed by atoms with van der Waals surface area (Å²) in [5.41, 5.74) is -0.493. The van der Waals surface area contributed by atoms with Crippen LogP contribution in [0.15, 0.2) is 12.2 Å². The molecule has 0 radical (unpaired) electrons. The number of hydrogen-bond donors (Lipinski definition) is 1. The van der Waals surface area contributed by atoms with Gasteiger partial charge in [0.2, 0.25) is 0 Å². The quantitative estimate of drug-likeness (QED) is 0.505. The first-order chi connectivity index (χ1) is 4.68. The van der Waals surface area contributed by atoms with E-state index in [-0.39, 0.29) is 0 Å². The molecule has 0 aromatic rings. The van der Waals surface area contributed by atoms with Gasteiger partial charge >= 0.3 is 0 Å². The average Bonchev–Trinajstić information content (AvgIpc) is 2.26. The highest BCUT2D eigenvalue weighted by Gasteiger charge is 2.38. The Balaban J connectivity index is 2.27. The maximum atomic E-state index is 9.77. The van der Waals surface area contributed by atoms with Crippen LogP contribution in [0.5, 0.6) is 0 Å². The zero-order valence-electron chi connectivity index (χ0n) is 6.38. The fraction of sp³-hybridized carbons (Fsp3) is 0.778. The third-order valence-electron chi connectivity index (χ3n) is 3.01. The lowest BCUT2D eigenvalue weighted by atomic mass is 9.83. The molecule has 1 N–H and O–H groups in total. The Morgan fingerprint density at radius 1 is 1.50 bits per heavy atom. The minimum absolute atomic E-state index is 0.493. The fourth-order valence-electron chi connectivity index (χ4n) is 2.19. The van der Waals surface area contributed by atoms with Crippen LogP contribution >= 0.6 is 0 Å². The molecule has 0 aromatic heterocycles. The van der Waals surface area contributed by atoms with Crippen molar-refractivity contribution in [3.8, 4) is 0 Å². The van der Waals surface area contributed by atoms with Gasteiger partial charge in [0.15, 0.2) is 0 Å². The Hall–Kier alpha value is -0.300. The lowest BCUT2D eigenvalue weighted by Gasteiger charge is -2.29. The molecule has 2 aliphatic rings. The number of aliphatic hydroxyl groups is 1. The van der Waals surface area contributed by atoms with E-state index in [1.807, 2.05) is 13.0 Å². The Bertz CT molecular complexity index is 170. The molecule has 0 aromatic carbocycles. The highest BCUT2D eigenvalue weighted by Crippen LogP contribution is 2.42. The molecule has 2 bridgehead atoms. The van der Waals surface area contributed by atoms with Crippen LogP contribution in [0.3, 0.4) is 0 Å². The predicted molar refractivity (Wildman–Crippen MR) is 40.6 cm³/mol. The molecule has 0 amide bonds. The van der Waals surface area contributed by atoms with E-state index in [2.05, 4.69) is 6.08 Å². The van der Waals surface area contributed by atoms with Crippen LogP contribution in [-0.2, 0) is 0 Å². The highest BCUT2D eigenvalue weighted by molar-refractivity contribution is 5.12. The Kier molecular flexibility index (Phi) is 1.19. The molecule has 3 atom stereocenters. The van der Waals surface area contributed by atoms with E-state index in [0.717, 1.165) is 5.92 Å². The minimum Gasteiger partial charge on any atom is -0.386 e. The van der Waals surface area contributed by atoms with Crippen LogP contribution in [0.2, 0.25) is 0 Å². The minimum atomic E-state index is -0.493. The monoisotopic (exact) mass is 138 g/mol. The topological polar surface area (TPSA) is 20.2 Å². The molecule has 1 fully saturated rings. The molecular formula is C9H14O. The molecule has 2 aliphatic carbocycles. The summed E-state index contributed by atoms with van der Waals surface area (Å²) in [5.74, 6) is 1.33. The third kappa shape index (κ3) is 0.807. The number of hydrogen-bond acceptors (Lipinski definition) is 1. The summed E-state index contributed by atoms with van der Waals surface area (Å²) in [6, 6.07) is 0. The number of allylic oxidation sites excluding steroid dienone is 1. The molecule has 10 heavy (non-hydrogen) atoms. The first-order valence-corrected chi connectivity index (χ1v) is 4.10. The summed E-state index contributed by atoms with van der Waals surface area (Å²) < 4.78 is 0. The third-order valence-corrected chi connectivity index (χ3v) is 3.01. The maximum absolute atomic E-state index is 9.77. The molecule has 0 saturated heterocycles. The van der Waals surface area contributed by atoms with Crippen molar-refractivity contribution in [3.63, 3.8) is 0 Å². The first-order valence-electron chi connectivity index (χ1n) is 4.10. The molecule has 0 unspecified atom stereocenters. The van der Waals surface area contributed by atoms with Gasteiger partial charge in [-0.25, -0.2) is 0 Å². The van der Waals surface area contributed by atoms with E-state index < -0.39 is 5.60 Å². The summed E-state index contributed by atoms with van der Waals surface area (Å²) in [6.45, 7) is 1.93. The van der Waals surface area contributed by atoms with Crippen molar-refractivity contribution in [2.24, 2.45) is 11.8 Å². The summed E-state index contributed by atoms with van der Waals surface area (Å²) >= 11 is 0. The van der Waals surface area contributed by atoms with Crippen LogP contribution in [0, 0.1) is 11.8 Å². The fourth-order valence-corrected chi connectivity index (χ4v) is 2.19. The van der Waals surface area contributed by atoms with E-state index >= 15 is 0 Å². The molecule has 0 heterocycles. The van der Waals surface area contributed by atoms with Gasteiger partial charge in [-0.3, -0.25) is 0 Å². The summed E-state index contributed by atoms with van der Waals surface area (Å²) in [4.78, 5) is 0. The van der Waals surface area contributed by atoms with Gasteiger partial charge in [-0.1, -0.05) is 12.2 Å². The van der Waals surface area contributed by atoms with Gasteiger partial charge in [0.25, 0.3) is 0 Å². The van der Waals surface area contributed by atoms with Crippen molar-refractivity contribution < 1.29 is 5.11 Å². The van der Waals surface area contributed by atoms with Crippen molar-refractivity contribution >= 4 is 0 Å². The zero-order chi connectivity index (χ0) is 7.19. The van der Waals surface area contributed by atoms with Gasteiger partial charge in [0.05, 0.1) is 5.60 Å². The first kappa shape index (κ1) is 6.41. The lowest BCUT2D eigenvalue weighted by Crippen LogP contribution is -2.32. The van der Waals surface area contributed by atoms with Gasteiger partial charge in [-0.05, 0) is 38.0 Å². The molecule has 2 rings (SSSR count). The van der Waals surface area contributed by atoms with Gasteiger partial charge < -0.3 is 5.11 Å². The number of fused-ring (bicyclic) bond motifs is 2. The van der Waals surface area contributed by atoms with Gasteiger partial charge in [0, 0.05) is 0 Å². The second kappa shape index (κ2) is 1.85. The van der Waals surface area contributed by atoms with Crippen molar-refractivity contribution in [3.05, 3.63) is 12.2 Å². The Morgan fingerprint density at radius 2 is 2.30 bits per heavy atom. The maximum Gasteiger partial charge on any atom is 0.0827 e. The molecule has 1 nitrogen and oxygen atoms in total. The SMILES string of the molecule is C[C@]1(O)C=C[C@@H]2CC[C@@H]1C2. The second-order valence-corrected chi connectivity index (χ2v) is 3.85. The molecular weight excluding hydrogens is 124 g/mol. The largest absolute Gasteiger partial charge is 0.386 e. The Labute approximate surface area is 61.8 Å². The summed E-state index contributed by atoms with van der Waals surface area (Å²) in [6.07, 6.45) is 7.88. The standard InChI is InChI=1S/C9H14O/c1-9(10)5-4-7-2-3-8(9)6-7/h4-5,7-8,10H,2-3,6H2,1H3/t7-,8+,9-/m0/s1. The van der Waals surface area contributed by atoms with E-state index in [1.54, 1.807) is 0 Å². The van der Waals surface area contributed by atoms with E-state index in [0.29, 0.717) is 5.92 Å². The molecule has 0 spiro atoms. The van der Waals surface area contributed by atoms with Crippen LogP contribution < -0.4 is 0 Å². The zero-order valence-corrected chi connectivity index (χ0v) is 6.38. The second-order valence-electron chi connectivity index (χ2n) is 3.85. The van der Waals surface area contributed by atoms with Gasteiger partial charge in [-0.2, -0.15) is 0 Å². The van der Waals surface area contributed by atoms with Gasteiger partial charge in [-0.15, -0.1) is 0 Å². The van der Waals surface area contributed by atoms with Crippen LogP contribution in [0.4, 0.5) is 0 Å². The van der Waals surface area contributed by atoms with Crippen molar-refractivity contribution in [2.75, 3.05) is 0 Å². The Morgan fingerprint density at radius 3 is 3.00 bits per heavy atom. The van der Waals surface area contributed by atoms with Gasteiger partial charge in [0.1, 0.15) is 0 Å². The van der Waals surface area contributed by atoms with E-state index in [9.17, 15) is 5.11 Å². The van der Waals surface area contributed by atoms with Crippen molar-refractivity contribution in [1.29, 1.82) is 0 Å². The van der Waals surface area contributed by atoms with Crippen molar-refractivity contribution in [2.45, 2.75) is 31.8 Å². The van der Waals surface area contributed by atoms with Crippen molar-refractivity contribution in [1.82, 2.24) is 0 Å². The molecule has 56 valence electrons. The summed E-state index contributed by atoms with van der Waals surface area (Å²) in [7, 11) is 0. The van der Waals surface area contributed by atoms with E-state index in [1.165, 1.54) is 19.3 Å². The van der Waals surface area contributed by atoms with Crippen LogP contribution in [0.1, 0.15) is 26.2 Å². The lowest BCUT2D eigenvalue weighted by molar-refractivity contribution is 0.0434. The molecule has 1 heteroatoms. The summed E-state index contributed by atoms with van der Waals surface area (Å²) in [5, 5.41) is 9.77. The molecule has 0 aliphatic heterocycles. The smallest absolute Gasteiger partial charge is 0.0827 e. The molecule has 1 saturated carbocycles.